The number of cyclic esters (lactones) is 1. The molecule has 0 aliphatic carbocycles. The van der Waals surface area contributed by atoms with Crippen LogP contribution in [0.3, 0.4) is 0 Å². The van der Waals surface area contributed by atoms with Crippen molar-refractivity contribution in [2.75, 3.05) is 6.61 Å². The summed E-state index contributed by atoms with van der Waals surface area (Å²) in [6, 6.07) is 9.17. The van der Waals surface area contributed by atoms with E-state index in [0.29, 0.717) is 0 Å². The van der Waals surface area contributed by atoms with Crippen molar-refractivity contribution in [3.8, 4) is 0 Å². The molecule has 0 spiro atoms. The predicted molar refractivity (Wildman–Crippen MR) is 98.0 cm³/mol. The van der Waals surface area contributed by atoms with Crippen molar-refractivity contribution in [1.29, 1.82) is 0 Å². The van der Waals surface area contributed by atoms with Crippen LogP contribution in [-0.4, -0.2) is 23.5 Å². The van der Waals surface area contributed by atoms with E-state index in [2.05, 4.69) is 12.7 Å². The van der Waals surface area contributed by atoms with Gasteiger partial charge in [-0.1, -0.05) is 56.5 Å². The third-order valence-electron chi connectivity index (χ3n) is 4.36. The first-order valence-corrected chi connectivity index (χ1v) is 9.08. The van der Waals surface area contributed by atoms with Crippen LogP contribution in [0.1, 0.15) is 64.0 Å². The third-order valence-corrected chi connectivity index (χ3v) is 4.36. The summed E-state index contributed by atoms with van der Waals surface area (Å²) in [6.45, 7) is 4.44. The quantitative estimate of drug-likeness (QED) is 0.484. The van der Waals surface area contributed by atoms with Crippen LogP contribution in [0.15, 0.2) is 47.7 Å². The number of amides is 2. The van der Waals surface area contributed by atoms with Gasteiger partial charge in [0.1, 0.15) is 12.6 Å². The molecular formula is C21H27NO3. The summed E-state index contributed by atoms with van der Waals surface area (Å²) < 4.78 is 5.08. The molecule has 0 bridgehead atoms. The maximum absolute atomic E-state index is 12.5. The van der Waals surface area contributed by atoms with E-state index in [9.17, 15) is 9.59 Å². The fourth-order valence-corrected chi connectivity index (χ4v) is 2.92. The highest BCUT2D eigenvalue weighted by Gasteiger charge is 2.38. The molecule has 1 aromatic carbocycles. The standard InChI is InChI=1S/C21H27NO3/c1-3-4-5-7-11-17(2)12-10-15-20(23)22-19(16-25-21(22)24)18-13-8-6-9-14-18/h6,8-10,13-14,19H,3-5,7,11,15-16H2,1-2H3/t12?,19-/m0/s1. The lowest BCUT2D eigenvalue weighted by Gasteiger charge is -2.19. The molecule has 134 valence electrons. The van der Waals surface area contributed by atoms with E-state index < -0.39 is 6.09 Å². The molecule has 0 N–H and O–H groups in total. The third kappa shape index (κ3) is 5.61. The smallest absolute Gasteiger partial charge is 0.417 e. The summed E-state index contributed by atoms with van der Waals surface area (Å²) >= 11 is 0. The molecular weight excluding hydrogens is 314 g/mol. The molecule has 2 amide bonds. The first-order valence-electron chi connectivity index (χ1n) is 9.08. The zero-order chi connectivity index (χ0) is 18.1. The molecule has 1 fully saturated rings. The van der Waals surface area contributed by atoms with Crippen molar-refractivity contribution in [3.05, 3.63) is 53.3 Å². The summed E-state index contributed by atoms with van der Waals surface area (Å²) in [6.07, 6.45) is 7.19. The van der Waals surface area contributed by atoms with Crippen molar-refractivity contribution in [2.24, 2.45) is 0 Å². The molecule has 0 aromatic heterocycles. The topological polar surface area (TPSA) is 46.6 Å². The van der Waals surface area contributed by atoms with Crippen LogP contribution >= 0.6 is 0 Å². The maximum atomic E-state index is 12.5. The van der Waals surface area contributed by atoms with Gasteiger partial charge < -0.3 is 4.74 Å². The highest BCUT2D eigenvalue weighted by Crippen LogP contribution is 2.28. The number of imide groups is 1. The van der Waals surface area contributed by atoms with Crippen LogP contribution in [-0.2, 0) is 9.53 Å². The summed E-state index contributed by atoms with van der Waals surface area (Å²) in [7, 11) is 0. The van der Waals surface area contributed by atoms with Crippen molar-refractivity contribution >= 4 is 12.0 Å². The second kappa shape index (κ2) is 9.85. The average molecular weight is 341 g/mol. The Morgan fingerprint density at radius 2 is 2.04 bits per heavy atom. The second-order valence-corrected chi connectivity index (χ2v) is 6.41. The van der Waals surface area contributed by atoms with Gasteiger partial charge >= 0.3 is 6.09 Å². The van der Waals surface area contributed by atoms with E-state index in [0.717, 1.165) is 24.0 Å². The van der Waals surface area contributed by atoms with Crippen LogP contribution in [0.25, 0.3) is 0 Å². The monoisotopic (exact) mass is 341 g/mol. The fraction of sp³-hybridized carbons (Fsp3) is 0.476. The summed E-state index contributed by atoms with van der Waals surface area (Å²) in [4.78, 5) is 25.6. The van der Waals surface area contributed by atoms with Gasteiger partial charge in [-0.2, -0.15) is 0 Å². The van der Waals surface area contributed by atoms with Crippen molar-refractivity contribution in [2.45, 2.75) is 58.4 Å². The molecule has 1 atom stereocenters. The Bertz CT molecular complexity index is 644. The van der Waals surface area contributed by atoms with Gasteiger partial charge in [-0.05, 0) is 37.0 Å². The van der Waals surface area contributed by atoms with E-state index in [1.54, 1.807) is 6.08 Å². The Labute approximate surface area is 150 Å². The van der Waals surface area contributed by atoms with Gasteiger partial charge in [0, 0.05) is 0 Å². The van der Waals surface area contributed by atoms with E-state index in [4.69, 9.17) is 4.74 Å². The molecule has 0 radical (unpaired) electrons. The number of benzene rings is 1. The zero-order valence-electron chi connectivity index (χ0n) is 15.2. The van der Waals surface area contributed by atoms with Gasteiger partial charge in [-0.15, -0.1) is 5.73 Å². The van der Waals surface area contributed by atoms with Gasteiger partial charge in [0.25, 0.3) is 0 Å². The molecule has 0 unspecified atom stereocenters. The van der Waals surface area contributed by atoms with E-state index in [-0.39, 0.29) is 25.0 Å². The van der Waals surface area contributed by atoms with Crippen molar-refractivity contribution < 1.29 is 14.3 Å². The molecule has 1 aliphatic rings. The number of unbranched alkanes of at least 4 members (excludes halogenated alkanes) is 3. The number of carbonyl (C=O) groups excluding carboxylic acids is 2. The number of rotatable bonds is 8. The number of hydrogen-bond donors (Lipinski definition) is 0. The van der Waals surface area contributed by atoms with E-state index in [1.165, 1.54) is 24.2 Å². The van der Waals surface area contributed by atoms with Crippen LogP contribution in [0.4, 0.5) is 4.79 Å². The average Bonchev–Trinajstić information content (AvgIpc) is 3.01. The molecule has 0 saturated carbocycles. The molecule has 25 heavy (non-hydrogen) atoms. The molecule has 1 heterocycles. The van der Waals surface area contributed by atoms with Gasteiger partial charge in [0.2, 0.25) is 5.91 Å². The summed E-state index contributed by atoms with van der Waals surface area (Å²) in [5.41, 5.74) is 5.23. The van der Waals surface area contributed by atoms with Crippen LogP contribution in [0.2, 0.25) is 0 Å². The normalized spacial score (nSPS) is 16.3. The molecule has 4 nitrogen and oxygen atoms in total. The van der Waals surface area contributed by atoms with Crippen molar-refractivity contribution in [1.82, 2.24) is 4.90 Å². The summed E-state index contributed by atoms with van der Waals surface area (Å²) in [5.74, 6) is -0.248. The maximum Gasteiger partial charge on any atom is 0.417 e. The lowest BCUT2D eigenvalue weighted by molar-refractivity contribution is -0.128. The number of carbonyl (C=O) groups is 2. The lowest BCUT2D eigenvalue weighted by atomic mass is 10.1. The highest BCUT2D eigenvalue weighted by atomic mass is 16.6. The van der Waals surface area contributed by atoms with Gasteiger partial charge in [0.15, 0.2) is 0 Å². The SMILES string of the molecule is CCCCCCC(C)=C=CCC(=O)N1C(=O)OC[C@H]1c1ccccc1. The molecule has 1 aliphatic heterocycles. The van der Waals surface area contributed by atoms with E-state index >= 15 is 0 Å². The lowest BCUT2D eigenvalue weighted by Crippen LogP contribution is -2.33. The largest absolute Gasteiger partial charge is 0.446 e. The van der Waals surface area contributed by atoms with Crippen LogP contribution < -0.4 is 0 Å². The minimum Gasteiger partial charge on any atom is -0.446 e. The Hall–Kier alpha value is -2.32. The first kappa shape index (κ1) is 19.0. The Balaban J connectivity index is 1.94. The molecule has 1 aromatic rings. The first-order chi connectivity index (χ1) is 12.1. The predicted octanol–water partition coefficient (Wildman–Crippen LogP) is 5.17. The Kier molecular flexibility index (Phi) is 7.49. The van der Waals surface area contributed by atoms with Gasteiger partial charge in [-0.3, -0.25) is 4.79 Å². The van der Waals surface area contributed by atoms with Gasteiger partial charge in [0.05, 0.1) is 6.42 Å². The highest BCUT2D eigenvalue weighted by molar-refractivity contribution is 5.94. The number of hydrogen-bond acceptors (Lipinski definition) is 3. The van der Waals surface area contributed by atoms with Crippen molar-refractivity contribution in [3.63, 3.8) is 0 Å². The molecule has 1 saturated heterocycles. The van der Waals surface area contributed by atoms with Crippen LogP contribution in [0.5, 0.6) is 0 Å². The number of nitrogens with zero attached hydrogens (tertiary/aromatic N) is 1. The molecule has 4 heteroatoms. The Morgan fingerprint density at radius 3 is 2.76 bits per heavy atom. The number of ether oxygens (including phenoxy) is 1. The second-order valence-electron chi connectivity index (χ2n) is 6.41. The molecule has 2 rings (SSSR count). The minimum absolute atomic E-state index is 0.157. The van der Waals surface area contributed by atoms with Gasteiger partial charge in [-0.25, -0.2) is 9.69 Å². The van der Waals surface area contributed by atoms with Crippen LogP contribution in [0, 0.1) is 0 Å². The fourth-order valence-electron chi connectivity index (χ4n) is 2.92. The Morgan fingerprint density at radius 1 is 1.28 bits per heavy atom. The zero-order valence-corrected chi connectivity index (χ0v) is 15.2. The van der Waals surface area contributed by atoms with E-state index in [1.807, 2.05) is 37.3 Å². The minimum atomic E-state index is -0.562. The summed E-state index contributed by atoms with van der Waals surface area (Å²) in [5, 5.41) is 0.